The molecule has 2 saturated heterocycles. The monoisotopic (exact) mass is 318 g/mol. The Labute approximate surface area is 124 Å². The first-order valence-corrected chi connectivity index (χ1v) is 8.49. The van der Waals surface area contributed by atoms with Gasteiger partial charge in [-0.1, -0.05) is 11.6 Å². The third-order valence-electron chi connectivity index (χ3n) is 4.67. The van der Waals surface area contributed by atoms with Crippen LogP contribution in [0.25, 0.3) is 0 Å². The van der Waals surface area contributed by atoms with E-state index in [0.717, 1.165) is 13.1 Å². The SMILES string of the molecule is Cn1ncc(Cl)c1S(=O)(=O)N1CC2CNCC2C1(C)C. The van der Waals surface area contributed by atoms with Gasteiger partial charge < -0.3 is 5.32 Å². The minimum atomic E-state index is -3.63. The lowest BCUT2D eigenvalue weighted by Gasteiger charge is -2.34. The van der Waals surface area contributed by atoms with Crippen LogP contribution in [0.1, 0.15) is 13.8 Å². The highest BCUT2D eigenvalue weighted by Crippen LogP contribution is 2.44. The number of hydrogen-bond donors (Lipinski definition) is 1. The molecule has 0 aromatic carbocycles. The third kappa shape index (κ3) is 1.83. The van der Waals surface area contributed by atoms with Crippen molar-refractivity contribution in [1.29, 1.82) is 0 Å². The first-order valence-electron chi connectivity index (χ1n) is 6.67. The fraction of sp³-hybridized carbons (Fsp3) is 0.750. The molecule has 1 aromatic heterocycles. The second kappa shape index (κ2) is 4.43. The van der Waals surface area contributed by atoms with Gasteiger partial charge in [0.15, 0.2) is 5.03 Å². The van der Waals surface area contributed by atoms with Gasteiger partial charge in [-0.2, -0.15) is 9.40 Å². The van der Waals surface area contributed by atoms with Gasteiger partial charge >= 0.3 is 0 Å². The molecule has 20 heavy (non-hydrogen) atoms. The molecule has 2 unspecified atom stereocenters. The lowest BCUT2D eigenvalue weighted by molar-refractivity contribution is 0.232. The summed E-state index contributed by atoms with van der Waals surface area (Å²) < 4.78 is 28.8. The predicted molar refractivity (Wildman–Crippen MR) is 76.0 cm³/mol. The first kappa shape index (κ1) is 14.3. The van der Waals surface area contributed by atoms with Gasteiger partial charge in [0.1, 0.15) is 0 Å². The molecule has 0 spiro atoms. The predicted octanol–water partition coefficient (Wildman–Crippen LogP) is 0.692. The molecule has 1 N–H and O–H groups in total. The topological polar surface area (TPSA) is 67.2 Å². The fourth-order valence-electron chi connectivity index (χ4n) is 3.59. The Hall–Kier alpha value is -0.630. The molecule has 3 heterocycles. The van der Waals surface area contributed by atoms with Gasteiger partial charge in [0, 0.05) is 25.7 Å². The standard InChI is InChI=1S/C12H19ClN4O2S/c1-12(2)9-5-14-4-8(9)7-17(12)20(18,19)11-10(13)6-15-16(11)3/h6,8-9,14H,4-5,7H2,1-3H3. The lowest BCUT2D eigenvalue weighted by Crippen LogP contribution is -2.47. The molecule has 3 rings (SSSR count). The maximum atomic E-state index is 12.9. The molecular formula is C12H19ClN4O2S. The van der Waals surface area contributed by atoms with Gasteiger partial charge in [0.2, 0.25) is 0 Å². The van der Waals surface area contributed by atoms with E-state index in [1.165, 1.54) is 10.9 Å². The van der Waals surface area contributed by atoms with Crippen molar-refractivity contribution in [2.24, 2.45) is 18.9 Å². The zero-order valence-corrected chi connectivity index (χ0v) is 13.4. The lowest BCUT2D eigenvalue weighted by atomic mass is 9.85. The second-order valence-electron chi connectivity index (χ2n) is 6.14. The van der Waals surface area contributed by atoms with Crippen LogP contribution >= 0.6 is 11.6 Å². The third-order valence-corrected chi connectivity index (χ3v) is 7.23. The number of sulfonamides is 1. The van der Waals surface area contributed by atoms with Crippen molar-refractivity contribution in [3.05, 3.63) is 11.2 Å². The maximum Gasteiger partial charge on any atom is 0.262 e. The fourth-order valence-corrected chi connectivity index (χ4v) is 6.08. The summed E-state index contributed by atoms with van der Waals surface area (Å²) in [6.45, 7) is 6.26. The summed E-state index contributed by atoms with van der Waals surface area (Å²) in [5.74, 6) is 0.705. The highest BCUT2D eigenvalue weighted by atomic mass is 35.5. The number of rotatable bonds is 2. The maximum absolute atomic E-state index is 12.9. The van der Waals surface area contributed by atoms with Crippen LogP contribution in [-0.4, -0.2) is 47.7 Å². The van der Waals surface area contributed by atoms with Crippen molar-refractivity contribution in [2.45, 2.75) is 24.4 Å². The van der Waals surface area contributed by atoms with E-state index in [0.29, 0.717) is 18.4 Å². The zero-order valence-electron chi connectivity index (χ0n) is 11.8. The Morgan fingerprint density at radius 1 is 1.45 bits per heavy atom. The molecule has 0 radical (unpaired) electrons. The van der Waals surface area contributed by atoms with Gasteiger partial charge in [-0.3, -0.25) is 4.68 Å². The average molecular weight is 319 g/mol. The Bertz CT molecular complexity index is 620. The molecule has 0 amide bonds. The highest BCUT2D eigenvalue weighted by Gasteiger charge is 2.54. The number of nitrogens with one attached hydrogen (secondary N) is 1. The number of nitrogens with zero attached hydrogens (tertiary/aromatic N) is 3. The van der Waals surface area contributed by atoms with Gasteiger partial charge in [-0.05, 0) is 32.2 Å². The van der Waals surface area contributed by atoms with Crippen LogP contribution in [0.3, 0.4) is 0 Å². The largest absolute Gasteiger partial charge is 0.316 e. The van der Waals surface area contributed by atoms with E-state index < -0.39 is 15.6 Å². The van der Waals surface area contributed by atoms with Gasteiger partial charge in [0.25, 0.3) is 10.0 Å². The molecule has 2 atom stereocenters. The van der Waals surface area contributed by atoms with Gasteiger partial charge in [-0.25, -0.2) is 8.42 Å². The van der Waals surface area contributed by atoms with Crippen LogP contribution in [0, 0.1) is 11.8 Å². The van der Waals surface area contributed by atoms with Crippen molar-refractivity contribution in [3.8, 4) is 0 Å². The van der Waals surface area contributed by atoms with Crippen molar-refractivity contribution >= 4 is 21.6 Å². The van der Waals surface area contributed by atoms with E-state index in [4.69, 9.17) is 11.6 Å². The Balaban J connectivity index is 2.05. The number of aromatic nitrogens is 2. The number of aryl methyl sites for hydroxylation is 1. The molecule has 2 fully saturated rings. The zero-order chi connectivity index (χ0) is 14.7. The summed E-state index contributed by atoms with van der Waals surface area (Å²) in [7, 11) is -2.03. The summed E-state index contributed by atoms with van der Waals surface area (Å²) >= 11 is 6.02. The summed E-state index contributed by atoms with van der Waals surface area (Å²) in [5.41, 5.74) is -0.416. The summed E-state index contributed by atoms with van der Waals surface area (Å²) in [6.07, 6.45) is 1.37. The van der Waals surface area contributed by atoms with E-state index in [2.05, 4.69) is 10.4 Å². The van der Waals surface area contributed by atoms with Crippen molar-refractivity contribution in [1.82, 2.24) is 19.4 Å². The molecule has 112 valence electrons. The van der Waals surface area contributed by atoms with Gasteiger partial charge in [-0.15, -0.1) is 0 Å². The van der Waals surface area contributed by atoms with Crippen molar-refractivity contribution in [3.63, 3.8) is 0 Å². The molecule has 0 saturated carbocycles. The van der Waals surface area contributed by atoms with Crippen LogP contribution in [0.5, 0.6) is 0 Å². The average Bonchev–Trinajstić information content (AvgIpc) is 2.97. The van der Waals surface area contributed by atoms with Crippen LogP contribution in [0.4, 0.5) is 0 Å². The Morgan fingerprint density at radius 3 is 2.70 bits per heavy atom. The molecule has 1 aromatic rings. The van der Waals surface area contributed by atoms with E-state index in [9.17, 15) is 8.42 Å². The number of fused-ring (bicyclic) bond motifs is 1. The Morgan fingerprint density at radius 2 is 2.15 bits per heavy atom. The summed E-state index contributed by atoms with van der Waals surface area (Å²) in [4.78, 5) is 0. The van der Waals surface area contributed by atoms with E-state index >= 15 is 0 Å². The Kier molecular flexibility index (Phi) is 3.17. The molecule has 6 nitrogen and oxygen atoms in total. The molecule has 0 aliphatic carbocycles. The molecule has 8 heteroatoms. The van der Waals surface area contributed by atoms with Crippen LogP contribution < -0.4 is 5.32 Å². The molecular weight excluding hydrogens is 300 g/mol. The number of halogens is 1. The molecule has 2 aliphatic heterocycles. The van der Waals surface area contributed by atoms with Gasteiger partial charge in [0.05, 0.1) is 11.2 Å². The van der Waals surface area contributed by atoms with Crippen LogP contribution in [-0.2, 0) is 17.1 Å². The van der Waals surface area contributed by atoms with E-state index in [1.54, 1.807) is 11.4 Å². The highest BCUT2D eigenvalue weighted by molar-refractivity contribution is 7.89. The van der Waals surface area contributed by atoms with E-state index in [1.807, 2.05) is 13.8 Å². The molecule has 2 aliphatic rings. The van der Waals surface area contributed by atoms with Crippen molar-refractivity contribution < 1.29 is 8.42 Å². The smallest absolute Gasteiger partial charge is 0.262 e. The second-order valence-corrected chi connectivity index (χ2v) is 8.32. The normalized spacial score (nSPS) is 29.8. The quantitative estimate of drug-likeness (QED) is 0.871. The van der Waals surface area contributed by atoms with E-state index in [-0.39, 0.29) is 10.0 Å². The number of hydrogen-bond acceptors (Lipinski definition) is 4. The minimum absolute atomic E-state index is 0.0835. The van der Waals surface area contributed by atoms with Crippen LogP contribution in [0.2, 0.25) is 5.02 Å². The summed E-state index contributed by atoms with van der Waals surface area (Å²) in [5, 5.41) is 7.55. The molecule has 0 bridgehead atoms. The summed E-state index contributed by atoms with van der Waals surface area (Å²) in [6, 6.07) is 0. The minimum Gasteiger partial charge on any atom is -0.316 e. The van der Waals surface area contributed by atoms with Crippen molar-refractivity contribution in [2.75, 3.05) is 19.6 Å². The first-order chi connectivity index (χ1) is 9.26. The van der Waals surface area contributed by atoms with Crippen LogP contribution in [0.15, 0.2) is 11.2 Å².